The van der Waals surface area contributed by atoms with Crippen LogP contribution < -0.4 is 113 Å². The van der Waals surface area contributed by atoms with Gasteiger partial charge < -0.3 is 36.2 Å². The number of ether oxygens (including phenoxy) is 3. The minimum Gasteiger partial charge on any atom is -1.00 e. The van der Waals surface area contributed by atoms with E-state index in [2.05, 4.69) is 201 Å². The first-order valence-electron chi connectivity index (χ1n) is 32.2. The molecule has 2 N–H and O–H groups in total. The van der Waals surface area contributed by atoms with Crippen LogP contribution in [0.25, 0.3) is 0 Å². The van der Waals surface area contributed by atoms with Crippen molar-refractivity contribution in [3.63, 3.8) is 0 Å². The molecule has 0 amide bonds. The third-order valence-corrected chi connectivity index (χ3v) is 16.8. The van der Waals surface area contributed by atoms with Crippen molar-refractivity contribution in [1.82, 2.24) is 35.1 Å². The zero-order chi connectivity index (χ0) is 70.1. The SMILES string of the molecule is CC#N.CCc1ccc(C)cc1.COC(=O)c1cnc2c(c1)CC[C@H]2C(C)C.COC(=O)c1cnc2c(c1)CN(Cc1ccc(C)cc1)[C@H]2C(C)C.COC(=O)c1cnc2c(c1)CN[C@H]2C(C)C.Cc1ccc(CN2Cc3cc(C(=O)O)cnc3[C@@H]2C(C)C)cc1.Cl.O=CO[O-].[H-].[K+].[K+]. The topological polar surface area (TPSA) is 259 Å². The van der Waals surface area contributed by atoms with Crippen LogP contribution in [0.15, 0.2) is 122 Å². The van der Waals surface area contributed by atoms with E-state index in [9.17, 15) is 19.2 Å². The summed E-state index contributed by atoms with van der Waals surface area (Å²) >= 11 is 0. The third kappa shape index (κ3) is 25.8. The van der Waals surface area contributed by atoms with Gasteiger partial charge in [0.15, 0.2) is 0 Å². The number of carboxylic acid groups (broad SMARTS) is 1. The first-order chi connectivity index (χ1) is 45.4. The number of benzene rings is 3. The predicted molar refractivity (Wildman–Crippen MR) is 372 cm³/mol. The molecule has 4 aromatic heterocycles. The molecular weight excluding hydrogens is 1310 g/mol. The van der Waals surface area contributed by atoms with Crippen molar-refractivity contribution in [3.8, 4) is 6.07 Å². The van der Waals surface area contributed by atoms with Crippen LogP contribution in [0.5, 0.6) is 0 Å². The summed E-state index contributed by atoms with van der Waals surface area (Å²) in [5, 5.41) is 28.3. The molecule has 4 atom stereocenters. The summed E-state index contributed by atoms with van der Waals surface area (Å²) in [4.78, 5) is 79.6. The van der Waals surface area contributed by atoms with Gasteiger partial charge in [0.2, 0.25) is 0 Å². The van der Waals surface area contributed by atoms with Gasteiger partial charge >= 0.3 is 127 Å². The fourth-order valence-corrected chi connectivity index (χ4v) is 12.0. The van der Waals surface area contributed by atoms with E-state index in [4.69, 9.17) is 29.9 Å². The molecule has 516 valence electrons. The summed E-state index contributed by atoms with van der Waals surface area (Å²) in [6.45, 7) is 31.4. The molecule has 7 heterocycles. The van der Waals surface area contributed by atoms with E-state index in [1.807, 2.05) is 18.2 Å². The minimum atomic E-state index is -0.918. The number of hydrogen-bond donors (Lipinski definition) is 2. The van der Waals surface area contributed by atoms with Crippen molar-refractivity contribution < 1.29 is 158 Å². The van der Waals surface area contributed by atoms with Gasteiger partial charge in [0, 0.05) is 76.0 Å². The van der Waals surface area contributed by atoms with Crippen LogP contribution in [-0.4, -0.2) is 86.5 Å². The Balaban J connectivity index is 0.000000613. The summed E-state index contributed by atoms with van der Waals surface area (Å²) in [5.41, 5.74) is 18.5. The molecule has 0 saturated carbocycles. The second-order valence-corrected chi connectivity index (χ2v) is 25.3. The molecule has 0 saturated heterocycles. The van der Waals surface area contributed by atoms with Crippen molar-refractivity contribution in [2.75, 3.05) is 21.3 Å². The molecule has 1 aliphatic carbocycles. The van der Waals surface area contributed by atoms with Gasteiger partial charge in [0.1, 0.15) is 0 Å². The van der Waals surface area contributed by atoms with Gasteiger partial charge in [-0.05, 0) is 127 Å². The number of nitriles is 1. The maximum absolute atomic E-state index is 11.8. The molecule has 3 aliphatic heterocycles. The molecule has 98 heavy (non-hydrogen) atoms. The Hall–Kier alpha value is -5.50. The molecule has 4 aliphatic rings. The predicted octanol–water partition coefficient (Wildman–Crippen LogP) is 7.98. The largest absolute Gasteiger partial charge is 1.00 e. The first kappa shape index (κ1) is 88.6. The van der Waals surface area contributed by atoms with Crippen LogP contribution in [0.4, 0.5) is 0 Å². The second-order valence-electron chi connectivity index (χ2n) is 25.3. The standard InChI is InChI=1S/C20H24N2O2.C19H22N2O2.C13H17NO2.C12H16N2O2.C9H12.C2H3N.CH2O3.ClH.2K.H/c1-13(2)19-18-17(9-16(10-21-18)20(23)24-4)12-22(19)11-15-7-5-14(3)6-8-15;1-12(2)18-17-16(8-15(9-20-17)19(22)23)11-21(18)10-14-6-4-13(3)5-7-14;1-8(2)11-5-4-9-6-10(13(15)16-3)7-14-12(9)11;1-7(2)10-11-8(5-13-10)4-9(6-14-11)12(15)16-3;1-3-9-6-4-8(2)5-7-9;1-2-3;2-1-4-3;;;;/h5-10,13,19H,11-12H2,1-4H3;4-9,12,18H,10-11H2,1-3H3,(H,22,23);6-8,11H,4-5H2,1-3H3;4,6-7,10,13H,5H2,1-3H3;4-7H,3H2,1-2H3;1H3;1,3H;1H;;;/q;;;;;;;;2*+1;-1/p-1/t19-;18-;11-;10-;;;;;;;/m0000......./s1. The molecule has 0 spiro atoms. The number of aromatic carboxylic acids is 1. The van der Waals surface area contributed by atoms with E-state index >= 15 is 0 Å². The molecule has 11 rings (SSSR count). The molecule has 0 radical (unpaired) electrons. The summed E-state index contributed by atoms with van der Waals surface area (Å²) in [7, 11) is 4.17. The summed E-state index contributed by atoms with van der Waals surface area (Å²) in [6, 6.07) is 35.9. The van der Waals surface area contributed by atoms with Crippen molar-refractivity contribution in [1.29, 1.82) is 5.26 Å². The van der Waals surface area contributed by atoms with Gasteiger partial charge in [-0.2, -0.15) is 5.26 Å². The Morgan fingerprint density at radius 1 is 0.592 bits per heavy atom. The van der Waals surface area contributed by atoms with Gasteiger partial charge in [-0.1, -0.05) is 152 Å². The smallest absolute Gasteiger partial charge is 1.00 e. The van der Waals surface area contributed by atoms with E-state index < -0.39 is 5.97 Å². The van der Waals surface area contributed by atoms with E-state index in [-0.39, 0.29) is 159 Å². The zero-order valence-corrected chi connectivity index (χ0v) is 67.5. The van der Waals surface area contributed by atoms with Gasteiger partial charge in [-0.15, -0.1) is 12.4 Å². The van der Waals surface area contributed by atoms with Gasteiger partial charge in [0.25, 0.3) is 6.47 Å². The van der Waals surface area contributed by atoms with Crippen molar-refractivity contribution >= 4 is 42.8 Å². The van der Waals surface area contributed by atoms with Crippen molar-refractivity contribution in [2.24, 2.45) is 23.7 Å². The molecule has 0 unspecified atom stereocenters. The average molecular weight is 1410 g/mol. The number of fused-ring (bicyclic) bond motifs is 4. The number of nitrogens with one attached hydrogen (secondary N) is 1. The number of aryl methyl sites for hydroxylation is 5. The fourth-order valence-electron chi connectivity index (χ4n) is 12.0. The van der Waals surface area contributed by atoms with Crippen LogP contribution in [0.1, 0.15) is 221 Å². The monoisotopic (exact) mass is 1410 g/mol. The number of carboxylic acids is 1. The fraction of sp³-hybridized carbons (Fsp3) is 0.421. The number of pyridine rings is 4. The van der Waals surface area contributed by atoms with E-state index in [1.54, 1.807) is 30.7 Å². The molecular formula is C76H97ClK2N8O11. The number of carbonyl (C=O) groups excluding carboxylic acids is 4. The molecule has 3 aromatic carbocycles. The molecule has 0 bridgehead atoms. The Morgan fingerprint density at radius 2 is 0.939 bits per heavy atom. The van der Waals surface area contributed by atoms with E-state index in [1.165, 1.54) is 79.1 Å². The number of aromatic nitrogens is 4. The van der Waals surface area contributed by atoms with Crippen molar-refractivity contribution in [3.05, 3.63) is 223 Å². The molecule has 19 nitrogen and oxygen atoms in total. The Bertz CT molecular complexity index is 3630. The summed E-state index contributed by atoms with van der Waals surface area (Å²) < 4.78 is 14.2. The van der Waals surface area contributed by atoms with Gasteiger partial charge in [-0.3, -0.25) is 34.5 Å². The molecule has 0 fully saturated rings. The van der Waals surface area contributed by atoms with Crippen LogP contribution in [0, 0.1) is 55.8 Å². The van der Waals surface area contributed by atoms with E-state index in [0.717, 1.165) is 85.8 Å². The maximum Gasteiger partial charge on any atom is 1.00 e. The maximum atomic E-state index is 11.8. The number of rotatable bonds is 14. The number of esters is 3. The normalized spacial score (nSPS) is 15.6. The number of hydrogen-bond acceptors (Lipinski definition) is 18. The number of nitrogens with zero attached hydrogens (tertiary/aromatic N) is 7. The zero-order valence-electron chi connectivity index (χ0n) is 61.5. The number of halogens is 1. The number of carbonyl (C=O) groups is 5. The van der Waals surface area contributed by atoms with Crippen molar-refractivity contribution in [2.45, 2.75) is 166 Å². The van der Waals surface area contributed by atoms with Crippen LogP contribution in [-0.2, 0) is 69.5 Å². The third-order valence-electron chi connectivity index (χ3n) is 16.8. The minimum absolute atomic E-state index is 0. The molecule has 22 heteroatoms. The van der Waals surface area contributed by atoms with Crippen LogP contribution >= 0.6 is 12.4 Å². The first-order valence-corrected chi connectivity index (χ1v) is 32.2. The summed E-state index contributed by atoms with van der Waals surface area (Å²) in [6.07, 6.45) is 9.64. The Kier molecular flexibility index (Phi) is 40.4. The van der Waals surface area contributed by atoms with Gasteiger partial charge in [0.05, 0.1) is 84.9 Å². The Morgan fingerprint density at radius 3 is 1.29 bits per heavy atom. The quantitative estimate of drug-likeness (QED) is 0.0261. The number of methoxy groups -OCH3 is 3. The summed E-state index contributed by atoms with van der Waals surface area (Å²) in [5.74, 6) is 0.642. The average Bonchev–Trinajstić information content (AvgIpc) is 1.68. The van der Waals surface area contributed by atoms with Crippen LogP contribution in [0.3, 0.4) is 0 Å². The van der Waals surface area contributed by atoms with E-state index in [0.29, 0.717) is 52.3 Å². The second kappa shape index (κ2) is 44.7. The Labute approximate surface area is 672 Å². The van der Waals surface area contributed by atoms with Crippen LogP contribution in [0.2, 0.25) is 0 Å². The molecule has 7 aromatic rings. The van der Waals surface area contributed by atoms with Gasteiger partial charge in [-0.25, -0.2) is 19.2 Å².